The number of rotatable bonds is 5. The van der Waals surface area contributed by atoms with Crippen LogP contribution in [0.1, 0.15) is 13.3 Å². The molecule has 2 heteroatoms. The minimum atomic E-state index is 0.533. The minimum Gasteiger partial charge on any atom is -0.494 e. The zero-order chi connectivity index (χ0) is 9.52. The molecule has 72 valence electrons. The van der Waals surface area contributed by atoms with Crippen molar-refractivity contribution >= 4 is 11.6 Å². The van der Waals surface area contributed by atoms with Gasteiger partial charge in [0.05, 0.1) is 6.61 Å². The Kier molecular flexibility index (Phi) is 4.69. The van der Waals surface area contributed by atoms with Gasteiger partial charge >= 0.3 is 0 Å². The maximum Gasteiger partial charge on any atom is 0.119 e. The molecule has 0 aromatic heterocycles. The summed E-state index contributed by atoms with van der Waals surface area (Å²) < 4.78 is 5.52. The Labute approximate surface area is 84.7 Å². The molecular weight excluding hydrogens is 184 g/mol. The molecule has 1 atom stereocenters. The van der Waals surface area contributed by atoms with E-state index in [0.717, 1.165) is 18.8 Å². The van der Waals surface area contributed by atoms with Crippen LogP contribution in [0.5, 0.6) is 5.75 Å². The molecule has 0 aliphatic rings. The maximum atomic E-state index is 5.68. The van der Waals surface area contributed by atoms with Crippen LogP contribution in [0, 0.1) is 5.92 Å². The molecule has 0 amide bonds. The second kappa shape index (κ2) is 5.87. The largest absolute Gasteiger partial charge is 0.494 e. The molecule has 0 fully saturated rings. The lowest BCUT2D eigenvalue weighted by Gasteiger charge is -2.08. The second-order valence-electron chi connectivity index (χ2n) is 3.21. The van der Waals surface area contributed by atoms with Crippen LogP contribution in [-0.2, 0) is 0 Å². The Morgan fingerprint density at radius 3 is 2.62 bits per heavy atom. The highest BCUT2D eigenvalue weighted by atomic mass is 35.5. The zero-order valence-corrected chi connectivity index (χ0v) is 8.63. The maximum absolute atomic E-state index is 5.68. The van der Waals surface area contributed by atoms with Crippen LogP contribution in [0.3, 0.4) is 0 Å². The molecule has 0 aliphatic carbocycles. The van der Waals surface area contributed by atoms with Crippen LogP contribution in [-0.4, -0.2) is 12.5 Å². The third-order valence-electron chi connectivity index (χ3n) is 1.89. The molecule has 0 heterocycles. The fourth-order valence-corrected chi connectivity index (χ4v) is 1.13. The van der Waals surface area contributed by atoms with Crippen molar-refractivity contribution in [1.29, 1.82) is 0 Å². The van der Waals surface area contributed by atoms with E-state index >= 15 is 0 Å². The molecule has 0 aliphatic heterocycles. The van der Waals surface area contributed by atoms with Crippen LogP contribution in [0.2, 0.25) is 0 Å². The molecule has 1 unspecified atom stereocenters. The number of benzene rings is 1. The number of alkyl halides is 1. The Morgan fingerprint density at radius 2 is 2.00 bits per heavy atom. The van der Waals surface area contributed by atoms with Crippen molar-refractivity contribution in [3.63, 3.8) is 0 Å². The lowest BCUT2D eigenvalue weighted by atomic mass is 10.1. The molecular formula is C11H15ClO. The monoisotopic (exact) mass is 198 g/mol. The first-order valence-electron chi connectivity index (χ1n) is 4.56. The van der Waals surface area contributed by atoms with Gasteiger partial charge in [0.1, 0.15) is 5.75 Å². The molecule has 0 bridgehead atoms. The van der Waals surface area contributed by atoms with Crippen LogP contribution in [0.25, 0.3) is 0 Å². The van der Waals surface area contributed by atoms with Gasteiger partial charge in [-0.25, -0.2) is 0 Å². The topological polar surface area (TPSA) is 9.23 Å². The molecule has 1 aromatic rings. The van der Waals surface area contributed by atoms with Gasteiger partial charge in [-0.1, -0.05) is 25.1 Å². The summed E-state index contributed by atoms with van der Waals surface area (Å²) >= 11 is 5.68. The van der Waals surface area contributed by atoms with E-state index in [2.05, 4.69) is 6.92 Å². The van der Waals surface area contributed by atoms with E-state index in [-0.39, 0.29) is 0 Å². The molecule has 0 saturated carbocycles. The van der Waals surface area contributed by atoms with Crippen molar-refractivity contribution < 1.29 is 4.74 Å². The lowest BCUT2D eigenvalue weighted by molar-refractivity contribution is 0.290. The van der Waals surface area contributed by atoms with Gasteiger partial charge in [0.25, 0.3) is 0 Å². The zero-order valence-electron chi connectivity index (χ0n) is 7.87. The summed E-state index contributed by atoms with van der Waals surface area (Å²) in [5.41, 5.74) is 0. The summed E-state index contributed by atoms with van der Waals surface area (Å²) in [6, 6.07) is 9.85. The van der Waals surface area contributed by atoms with Crippen molar-refractivity contribution in [1.82, 2.24) is 0 Å². The van der Waals surface area contributed by atoms with E-state index < -0.39 is 0 Å². The Morgan fingerprint density at radius 1 is 1.31 bits per heavy atom. The van der Waals surface area contributed by atoms with Crippen LogP contribution < -0.4 is 4.74 Å². The quantitative estimate of drug-likeness (QED) is 0.660. The summed E-state index contributed by atoms with van der Waals surface area (Å²) in [4.78, 5) is 0. The van der Waals surface area contributed by atoms with Gasteiger partial charge < -0.3 is 4.74 Å². The molecule has 0 spiro atoms. The fraction of sp³-hybridized carbons (Fsp3) is 0.455. The van der Waals surface area contributed by atoms with E-state index in [1.165, 1.54) is 0 Å². The molecule has 0 radical (unpaired) electrons. The molecule has 0 saturated heterocycles. The van der Waals surface area contributed by atoms with Crippen molar-refractivity contribution in [2.45, 2.75) is 13.3 Å². The highest BCUT2D eigenvalue weighted by molar-refractivity contribution is 6.18. The van der Waals surface area contributed by atoms with Gasteiger partial charge in [0.15, 0.2) is 0 Å². The first-order valence-corrected chi connectivity index (χ1v) is 5.10. The van der Waals surface area contributed by atoms with Crippen molar-refractivity contribution in [2.75, 3.05) is 12.5 Å². The second-order valence-corrected chi connectivity index (χ2v) is 3.52. The summed E-state index contributed by atoms with van der Waals surface area (Å²) in [6.45, 7) is 2.87. The first-order chi connectivity index (χ1) is 6.33. The predicted octanol–water partition coefficient (Wildman–Crippen LogP) is 3.33. The van der Waals surface area contributed by atoms with E-state index in [9.17, 15) is 0 Å². The Hall–Kier alpha value is -0.690. The lowest BCUT2D eigenvalue weighted by Crippen LogP contribution is -2.04. The van der Waals surface area contributed by atoms with Gasteiger partial charge in [-0.3, -0.25) is 0 Å². The fourth-order valence-electron chi connectivity index (χ4n) is 0.972. The van der Waals surface area contributed by atoms with Crippen LogP contribution in [0.15, 0.2) is 30.3 Å². The van der Waals surface area contributed by atoms with E-state index in [1.54, 1.807) is 0 Å². The third kappa shape index (κ3) is 4.18. The van der Waals surface area contributed by atoms with Crippen LogP contribution >= 0.6 is 11.6 Å². The van der Waals surface area contributed by atoms with Gasteiger partial charge in [-0.2, -0.15) is 0 Å². The van der Waals surface area contributed by atoms with Gasteiger partial charge in [-0.15, -0.1) is 11.6 Å². The van der Waals surface area contributed by atoms with Crippen molar-refractivity contribution in [2.24, 2.45) is 5.92 Å². The smallest absolute Gasteiger partial charge is 0.119 e. The highest BCUT2D eigenvalue weighted by Crippen LogP contribution is 2.10. The van der Waals surface area contributed by atoms with E-state index in [0.29, 0.717) is 11.8 Å². The summed E-state index contributed by atoms with van der Waals surface area (Å²) in [5.74, 6) is 2.17. The van der Waals surface area contributed by atoms with Gasteiger partial charge in [-0.05, 0) is 24.5 Å². The van der Waals surface area contributed by atoms with Crippen LogP contribution in [0.4, 0.5) is 0 Å². The normalized spacial score (nSPS) is 12.5. The highest BCUT2D eigenvalue weighted by Gasteiger charge is 1.99. The predicted molar refractivity (Wildman–Crippen MR) is 56.4 cm³/mol. The van der Waals surface area contributed by atoms with E-state index in [4.69, 9.17) is 16.3 Å². The average Bonchev–Trinajstić information content (AvgIpc) is 2.19. The molecule has 1 aromatic carbocycles. The third-order valence-corrected chi connectivity index (χ3v) is 2.41. The van der Waals surface area contributed by atoms with E-state index in [1.807, 2.05) is 30.3 Å². The van der Waals surface area contributed by atoms with Crippen molar-refractivity contribution in [3.8, 4) is 5.75 Å². The standard InChI is InChI=1S/C11H15ClO/c1-10(9-12)7-8-13-11-5-3-2-4-6-11/h2-6,10H,7-9H2,1H3. The number of ether oxygens (including phenoxy) is 1. The molecule has 0 N–H and O–H groups in total. The average molecular weight is 199 g/mol. The minimum absolute atomic E-state index is 0.533. The number of halogens is 1. The van der Waals surface area contributed by atoms with Gasteiger partial charge in [0, 0.05) is 5.88 Å². The summed E-state index contributed by atoms with van der Waals surface area (Å²) in [7, 11) is 0. The number of hydrogen-bond acceptors (Lipinski definition) is 1. The van der Waals surface area contributed by atoms with Gasteiger partial charge in [0.2, 0.25) is 0 Å². The Bertz CT molecular complexity index is 223. The summed E-state index contributed by atoms with van der Waals surface area (Å²) in [5, 5.41) is 0. The van der Waals surface area contributed by atoms with Crippen molar-refractivity contribution in [3.05, 3.63) is 30.3 Å². The first kappa shape index (κ1) is 10.4. The molecule has 13 heavy (non-hydrogen) atoms. The Balaban J connectivity index is 2.20. The SMILES string of the molecule is CC(CCl)CCOc1ccccc1. The number of para-hydroxylation sites is 1. The number of hydrogen-bond donors (Lipinski definition) is 0. The summed E-state index contributed by atoms with van der Waals surface area (Å²) in [6.07, 6.45) is 1.01. The molecule has 1 nitrogen and oxygen atoms in total. The molecule has 1 rings (SSSR count).